The van der Waals surface area contributed by atoms with Gasteiger partial charge >= 0.3 is 0 Å². The van der Waals surface area contributed by atoms with Gasteiger partial charge in [-0.05, 0) is 19.3 Å². The summed E-state index contributed by atoms with van der Waals surface area (Å²) in [5.74, 6) is 0.104. The maximum Gasteiger partial charge on any atom is 0.250 e. The predicted molar refractivity (Wildman–Crippen MR) is 56.8 cm³/mol. The fourth-order valence-electron chi connectivity index (χ4n) is 2.45. The van der Waals surface area contributed by atoms with Gasteiger partial charge < -0.3 is 5.73 Å². The Balaban J connectivity index is 1.96. The van der Waals surface area contributed by atoms with E-state index in [4.69, 9.17) is 10.6 Å². The van der Waals surface area contributed by atoms with E-state index in [1.165, 1.54) is 11.5 Å². The Labute approximate surface area is 90.7 Å². The molecular weight excluding hydrogens is 192 g/mol. The second kappa shape index (κ2) is 4.94. The van der Waals surface area contributed by atoms with Gasteiger partial charge in [0, 0.05) is 6.04 Å². The highest BCUT2D eigenvalue weighted by Crippen LogP contribution is 2.25. The van der Waals surface area contributed by atoms with E-state index in [9.17, 15) is 4.79 Å². The summed E-state index contributed by atoms with van der Waals surface area (Å²) in [6.07, 6.45) is 6.35. The number of hydrogen-bond donors (Lipinski definition) is 1. The zero-order valence-corrected chi connectivity index (χ0v) is 9.15. The molecule has 2 rings (SSSR count). The third-order valence-electron chi connectivity index (χ3n) is 3.39. The minimum absolute atomic E-state index is 0.00870. The maximum absolute atomic E-state index is 12.1. The standard InChI is InChI=1S/C11H20N2O2/c12-10-6-3-1-2-5-9(10)11(14)13-7-4-8-15-13/h9-10H,1-8,12H2. The largest absolute Gasteiger partial charge is 0.327 e. The summed E-state index contributed by atoms with van der Waals surface area (Å²) in [6.45, 7) is 1.41. The molecule has 2 fully saturated rings. The Morgan fingerprint density at radius 1 is 1.20 bits per heavy atom. The molecule has 1 aliphatic carbocycles. The van der Waals surface area contributed by atoms with Crippen LogP contribution in [0.3, 0.4) is 0 Å². The molecule has 1 saturated carbocycles. The van der Waals surface area contributed by atoms with E-state index in [0.29, 0.717) is 6.61 Å². The number of nitrogens with two attached hydrogens (primary N) is 1. The number of nitrogens with zero attached hydrogens (tertiary/aromatic N) is 1. The van der Waals surface area contributed by atoms with Crippen molar-refractivity contribution in [3.8, 4) is 0 Å². The van der Waals surface area contributed by atoms with Crippen molar-refractivity contribution in [2.75, 3.05) is 13.2 Å². The van der Waals surface area contributed by atoms with E-state index >= 15 is 0 Å². The van der Waals surface area contributed by atoms with Crippen LogP contribution in [0.15, 0.2) is 0 Å². The lowest BCUT2D eigenvalue weighted by Crippen LogP contribution is -2.42. The maximum atomic E-state index is 12.1. The van der Waals surface area contributed by atoms with E-state index in [-0.39, 0.29) is 17.9 Å². The van der Waals surface area contributed by atoms with Crippen LogP contribution in [0, 0.1) is 5.92 Å². The molecule has 1 amide bonds. The van der Waals surface area contributed by atoms with Crippen molar-refractivity contribution in [3.05, 3.63) is 0 Å². The quantitative estimate of drug-likeness (QED) is 0.661. The lowest BCUT2D eigenvalue weighted by atomic mass is 9.94. The zero-order chi connectivity index (χ0) is 10.7. The molecule has 0 aromatic rings. The first-order valence-corrected chi connectivity index (χ1v) is 5.99. The van der Waals surface area contributed by atoms with E-state index in [0.717, 1.165) is 38.6 Å². The molecule has 2 N–H and O–H groups in total. The van der Waals surface area contributed by atoms with Crippen molar-refractivity contribution < 1.29 is 9.63 Å². The molecule has 1 saturated heterocycles. The van der Waals surface area contributed by atoms with Gasteiger partial charge in [-0.2, -0.15) is 0 Å². The van der Waals surface area contributed by atoms with Gasteiger partial charge in [0.2, 0.25) is 0 Å². The molecule has 2 atom stereocenters. The minimum atomic E-state index is -0.00870. The van der Waals surface area contributed by atoms with Crippen LogP contribution < -0.4 is 5.73 Å². The van der Waals surface area contributed by atoms with Crippen LogP contribution >= 0.6 is 0 Å². The minimum Gasteiger partial charge on any atom is -0.327 e. The van der Waals surface area contributed by atoms with Crippen LogP contribution in [0.25, 0.3) is 0 Å². The Morgan fingerprint density at radius 2 is 2.00 bits per heavy atom. The summed E-state index contributed by atoms with van der Waals surface area (Å²) in [6, 6.07) is 0.0317. The smallest absolute Gasteiger partial charge is 0.250 e. The van der Waals surface area contributed by atoms with Gasteiger partial charge in [-0.25, -0.2) is 5.06 Å². The van der Waals surface area contributed by atoms with Crippen molar-refractivity contribution in [3.63, 3.8) is 0 Å². The second-order valence-corrected chi connectivity index (χ2v) is 4.54. The molecule has 2 aliphatic rings. The number of carbonyl (C=O) groups is 1. The monoisotopic (exact) mass is 212 g/mol. The third kappa shape index (κ3) is 2.49. The Kier molecular flexibility index (Phi) is 3.59. The normalized spacial score (nSPS) is 32.7. The molecule has 15 heavy (non-hydrogen) atoms. The molecule has 0 aromatic heterocycles. The average Bonchev–Trinajstić information content (AvgIpc) is 2.68. The highest BCUT2D eigenvalue weighted by molar-refractivity contribution is 5.78. The predicted octanol–water partition coefficient (Wildman–Crippen LogP) is 1.06. The highest BCUT2D eigenvalue weighted by Gasteiger charge is 2.32. The lowest BCUT2D eigenvalue weighted by molar-refractivity contribution is -0.174. The van der Waals surface area contributed by atoms with E-state index < -0.39 is 0 Å². The third-order valence-corrected chi connectivity index (χ3v) is 3.39. The van der Waals surface area contributed by atoms with Gasteiger partial charge in [-0.15, -0.1) is 0 Å². The van der Waals surface area contributed by atoms with Gasteiger partial charge in [-0.1, -0.05) is 19.3 Å². The van der Waals surface area contributed by atoms with Crippen LogP contribution in [-0.4, -0.2) is 30.2 Å². The van der Waals surface area contributed by atoms with Crippen LogP contribution in [0.4, 0.5) is 0 Å². The van der Waals surface area contributed by atoms with Gasteiger partial charge in [0.05, 0.1) is 19.1 Å². The Hall–Kier alpha value is -0.610. The molecule has 2 unspecified atom stereocenters. The van der Waals surface area contributed by atoms with Gasteiger partial charge in [0.25, 0.3) is 5.91 Å². The molecule has 86 valence electrons. The summed E-state index contributed by atoms with van der Waals surface area (Å²) in [4.78, 5) is 17.4. The van der Waals surface area contributed by atoms with Gasteiger partial charge in [0.1, 0.15) is 0 Å². The molecule has 0 radical (unpaired) electrons. The first kappa shape index (κ1) is 10.9. The fraction of sp³-hybridized carbons (Fsp3) is 0.909. The Bertz CT molecular complexity index is 227. The van der Waals surface area contributed by atoms with Gasteiger partial charge in [0.15, 0.2) is 0 Å². The summed E-state index contributed by atoms with van der Waals surface area (Å²) in [5.41, 5.74) is 6.04. The van der Waals surface area contributed by atoms with Crippen molar-refractivity contribution >= 4 is 5.91 Å². The van der Waals surface area contributed by atoms with Crippen LogP contribution in [0.5, 0.6) is 0 Å². The average molecular weight is 212 g/mol. The van der Waals surface area contributed by atoms with Crippen LogP contribution in [-0.2, 0) is 9.63 Å². The number of hydroxylamine groups is 2. The molecule has 0 aromatic carbocycles. The molecule has 1 heterocycles. The molecule has 4 nitrogen and oxygen atoms in total. The number of rotatable bonds is 1. The summed E-state index contributed by atoms with van der Waals surface area (Å²) < 4.78 is 0. The molecule has 1 aliphatic heterocycles. The molecule has 0 spiro atoms. The highest BCUT2D eigenvalue weighted by atomic mass is 16.7. The topological polar surface area (TPSA) is 55.6 Å². The second-order valence-electron chi connectivity index (χ2n) is 4.54. The number of carbonyl (C=O) groups excluding carboxylic acids is 1. The van der Waals surface area contributed by atoms with Crippen molar-refractivity contribution in [2.24, 2.45) is 11.7 Å². The summed E-state index contributed by atoms with van der Waals surface area (Å²) in [5, 5.41) is 1.52. The van der Waals surface area contributed by atoms with Crippen LogP contribution in [0.1, 0.15) is 38.5 Å². The first-order chi connectivity index (χ1) is 7.29. The number of amides is 1. The number of hydrogen-bond acceptors (Lipinski definition) is 3. The van der Waals surface area contributed by atoms with Gasteiger partial charge in [-0.3, -0.25) is 9.63 Å². The lowest BCUT2D eigenvalue weighted by Gasteiger charge is -2.24. The fourth-order valence-corrected chi connectivity index (χ4v) is 2.45. The zero-order valence-electron chi connectivity index (χ0n) is 9.15. The SMILES string of the molecule is NC1CCCCCC1C(=O)N1CCCO1. The molecule has 4 heteroatoms. The van der Waals surface area contributed by atoms with Crippen LogP contribution in [0.2, 0.25) is 0 Å². The van der Waals surface area contributed by atoms with Crippen molar-refractivity contribution in [1.82, 2.24) is 5.06 Å². The molecule has 0 bridgehead atoms. The van der Waals surface area contributed by atoms with Crippen molar-refractivity contribution in [1.29, 1.82) is 0 Å². The Morgan fingerprint density at radius 3 is 2.73 bits per heavy atom. The summed E-state index contributed by atoms with van der Waals surface area (Å²) >= 11 is 0. The van der Waals surface area contributed by atoms with E-state index in [1.807, 2.05) is 0 Å². The van der Waals surface area contributed by atoms with E-state index in [1.54, 1.807) is 0 Å². The first-order valence-electron chi connectivity index (χ1n) is 5.99. The summed E-state index contributed by atoms with van der Waals surface area (Å²) in [7, 11) is 0. The van der Waals surface area contributed by atoms with Crippen molar-refractivity contribution in [2.45, 2.75) is 44.6 Å². The van der Waals surface area contributed by atoms with E-state index in [2.05, 4.69) is 0 Å². The molecular formula is C11H20N2O2.